The van der Waals surface area contributed by atoms with E-state index >= 15 is 0 Å². The summed E-state index contributed by atoms with van der Waals surface area (Å²) < 4.78 is 31.0. The molecule has 0 aliphatic carbocycles. The van der Waals surface area contributed by atoms with Gasteiger partial charge in [0.25, 0.3) is 0 Å². The highest BCUT2D eigenvalue weighted by atomic mass is 19.1. The smallest absolute Gasteiger partial charge is 0.304 e. The Bertz CT molecular complexity index is 547. The predicted molar refractivity (Wildman–Crippen MR) is 71.8 cm³/mol. The molecule has 1 unspecified atom stereocenters. The van der Waals surface area contributed by atoms with Crippen molar-refractivity contribution in [2.45, 2.75) is 25.7 Å². The topological polar surface area (TPSA) is 52.1 Å². The number of halogens is 1. The summed E-state index contributed by atoms with van der Waals surface area (Å²) >= 11 is 0. The van der Waals surface area contributed by atoms with Crippen LogP contribution in [0.25, 0.3) is 0 Å². The summed E-state index contributed by atoms with van der Waals surface area (Å²) in [5.41, 5.74) is 0. The molecule has 2 heterocycles. The highest BCUT2D eigenvalue weighted by Crippen LogP contribution is 2.38. The first-order valence-corrected chi connectivity index (χ1v) is 6.68. The molecule has 20 heavy (non-hydrogen) atoms. The van der Waals surface area contributed by atoms with Gasteiger partial charge < -0.3 is 19.5 Å². The second-order valence-electron chi connectivity index (χ2n) is 5.03. The maximum absolute atomic E-state index is 13.7. The van der Waals surface area contributed by atoms with E-state index in [4.69, 9.17) is 14.2 Å². The molecule has 2 aliphatic heterocycles. The summed E-state index contributed by atoms with van der Waals surface area (Å²) in [5, 5.41) is 3.14. The van der Waals surface area contributed by atoms with Crippen LogP contribution < -0.4 is 14.8 Å². The predicted octanol–water partition coefficient (Wildman–Crippen LogP) is 1.72. The lowest BCUT2D eigenvalue weighted by atomic mass is 10.2. The van der Waals surface area contributed by atoms with Crippen LogP contribution in [-0.4, -0.2) is 37.4 Å². The molecule has 108 valence electrons. The van der Waals surface area contributed by atoms with Gasteiger partial charge in [-0.05, 0) is 26.0 Å². The van der Waals surface area contributed by atoms with Crippen LogP contribution in [-0.2, 0) is 4.74 Å². The molecule has 6 heteroatoms. The molecule has 5 nitrogen and oxygen atoms in total. The second-order valence-corrected chi connectivity index (χ2v) is 5.03. The van der Waals surface area contributed by atoms with Crippen LogP contribution in [0.15, 0.2) is 23.2 Å². The van der Waals surface area contributed by atoms with E-state index in [9.17, 15) is 4.39 Å². The Morgan fingerprint density at radius 3 is 3.00 bits per heavy atom. The summed E-state index contributed by atoms with van der Waals surface area (Å²) in [7, 11) is 0. The Morgan fingerprint density at radius 1 is 1.45 bits per heavy atom. The van der Waals surface area contributed by atoms with Crippen molar-refractivity contribution in [2.24, 2.45) is 4.99 Å². The fraction of sp³-hybridized carbons (Fsp3) is 0.500. The SMILES string of the molecule is CC(C)OC1(C2=NCCN2)COc2c(F)cccc2O1. The van der Waals surface area contributed by atoms with Crippen LogP contribution in [0, 0.1) is 5.82 Å². The Morgan fingerprint density at radius 2 is 2.30 bits per heavy atom. The number of ether oxygens (including phenoxy) is 3. The Kier molecular flexibility index (Phi) is 3.25. The molecule has 1 N–H and O–H groups in total. The van der Waals surface area contributed by atoms with Crippen LogP contribution in [0.2, 0.25) is 0 Å². The molecule has 0 radical (unpaired) electrons. The van der Waals surface area contributed by atoms with Gasteiger partial charge >= 0.3 is 5.79 Å². The minimum Gasteiger partial charge on any atom is -0.479 e. The van der Waals surface area contributed by atoms with Crippen molar-refractivity contribution >= 4 is 5.84 Å². The first-order chi connectivity index (χ1) is 9.61. The van der Waals surface area contributed by atoms with Gasteiger partial charge in [0.2, 0.25) is 0 Å². The molecular formula is C14H17FN2O3. The van der Waals surface area contributed by atoms with Crippen LogP contribution in [0.5, 0.6) is 11.5 Å². The average Bonchev–Trinajstić information content (AvgIpc) is 2.92. The van der Waals surface area contributed by atoms with Gasteiger partial charge in [-0.1, -0.05) is 6.07 Å². The number of fused-ring (bicyclic) bond motifs is 1. The third-order valence-corrected chi connectivity index (χ3v) is 3.07. The Labute approximate surface area is 116 Å². The average molecular weight is 280 g/mol. The quantitative estimate of drug-likeness (QED) is 0.916. The van der Waals surface area contributed by atoms with Gasteiger partial charge in [0.15, 0.2) is 29.8 Å². The van der Waals surface area contributed by atoms with E-state index in [-0.39, 0.29) is 18.5 Å². The molecule has 3 rings (SSSR count). The number of nitrogens with zero attached hydrogens (tertiary/aromatic N) is 1. The highest BCUT2D eigenvalue weighted by molar-refractivity contribution is 5.91. The van der Waals surface area contributed by atoms with Gasteiger partial charge in [0.05, 0.1) is 12.6 Å². The Hall–Kier alpha value is -1.82. The first kappa shape index (κ1) is 13.2. The summed E-state index contributed by atoms with van der Waals surface area (Å²) in [6.07, 6.45) is -0.0844. The minimum atomic E-state index is -1.13. The molecule has 0 aromatic heterocycles. The second kappa shape index (κ2) is 4.94. The molecule has 0 fully saturated rings. The molecule has 0 spiro atoms. The van der Waals surface area contributed by atoms with Crippen molar-refractivity contribution in [1.82, 2.24) is 5.32 Å². The number of amidine groups is 1. The standard InChI is InChI=1S/C14H17FN2O3/c1-9(2)19-14(13-16-6-7-17-13)8-18-12-10(15)4-3-5-11(12)20-14/h3-5,9H,6-8H2,1-2H3,(H,16,17). The normalized spacial score (nSPS) is 24.5. The number of nitrogens with one attached hydrogen (secondary N) is 1. The van der Waals surface area contributed by atoms with E-state index in [0.717, 1.165) is 6.54 Å². The number of hydrogen-bond acceptors (Lipinski definition) is 5. The van der Waals surface area contributed by atoms with Gasteiger partial charge in [-0.2, -0.15) is 0 Å². The van der Waals surface area contributed by atoms with E-state index in [1.54, 1.807) is 12.1 Å². The first-order valence-electron chi connectivity index (χ1n) is 6.68. The number of benzene rings is 1. The number of para-hydroxylation sites is 1. The van der Waals surface area contributed by atoms with Gasteiger partial charge in [0.1, 0.15) is 0 Å². The summed E-state index contributed by atoms with van der Waals surface area (Å²) in [5.74, 6) is -0.531. The largest absolute Gasteiger partial charge is 0.479 e. The zero-order valence-electron chi connectivity index (χ0n) is 11.5. The van der Waals surface area contributed by atoms with Gasteiger partial charge in [0, 0.05) is 6.54 Å². The van der Waals surface area contributed by atoms with Crippen LogP contribution in [0.3, 0.4) is 0 Å². The fourth-order valence-corrected chi connectivity index (χ4v) is 2.35. The molecule has 1 atom stereocenters. The van der Waals surface area contributed by atoms with E-state index in [0.29, 0.717) is 18.1 Å². The molecule has 1 aromatic carbocycles. The number of rotatable bonds is 3. The molecule has 0 bridgehead atoms. The number of aliphatic imine (C=N–C) groups is 1. The molecule has 1 aromatic rings. The summed E-state index contributed by atoms with van der Waals surface area (Å²) in [4.78, 5) is 4.36. The fourth-order valence-electron chi connectivity index (χ4n) is 2.35. The zero-order valence-corrected chi connectivity index (χ0v) is 11.5. The molecule has 0 saturated heterocycles. The highest BCUT2D eigenvalue weighted by Gasteiger charge is 2.47. The van der Waals surface area contributed by atoms with Crippen molar-refractivity contribution in [3.8, 4) is 11.5 Å². The minimum absolute atomic E-state index is 0.0605. The lowest BCUT2D eigenvalue weighted by Gasteiger charge is -2.38. The monoisotopic (exact) mass is 280 g/mol. The maximum Gasteiger partial charge on any atom is 0.304 e. The van der Waals surface area contributed by atoms with Crippen molar-refractivity contribution in [1.29, 1.82) is 0 Å². The molecular weight excluding hydrogens is 263 g/mol. The van der Waals surface area contributed by atoms with Crippen molar-refractivity contribution in [2.75, 3.05) is 19.7 Å². The van der Waals surface area contributed by atoms with E-state index in [1.165, 1.54) is 6.07 Å². The maximum atomic E-state index is 13.7. The van der Waals surface area contributed by atoms with E-state index < -0.39 is 11.6 Å². The van der Waals surface area contributed by atoms with Gasteiger partial charge in [-0.15, -0.1) is 0 Å². The Balaban J connectivity index is 1.96. The molecule has 2 aliphatic rings. The van der Waals surface area contributed by atoms with Crippen LogP contribution >= 0.6 is 0 Å². The van der Waals surface area contributed by atoms with Crippen molar-refractivity contribution in [3.63, 3.8) is 0 Å². The number of hydrogen-bond donors (Lipinski definition) is 1. The van der Waals surface area contributed by atoms with E-state index in [1.807, 2.05) is 13.8 Å². The van der Waals surface area contributed by atoms with Gasteiger partial charge in [-0.25, -0.2) is 4.39 Å². The molecule has 0 amide bonds. The van der Waals surface area contributed by atoms with Crippen LogP contribution in [0.1, 0.15) is 13.8 Å². The third kappa shape index (κ3) is 2.20. The lowest BCUT2D eigenvalue weighted by molar-refractivity contribution is -0.185. The van der Waals surface area contributed by atoms with E-state index in [2.05, 4.69) is 10.3 Å². The third-order valence-electron chi connectivity index (χ3n) is 3.07. The zero-order chi connectivity index (χ0) is 14.2. The molecule has 0 saturated carbocycles. The summed E-state index contributed by atoms with van der Waals surface area (Å²) in [6, 6.07) is 4.57. The summed E-state index contributed by atoms with van der Waals surface area (Å²) in [6.45, 7) is 5.27. The van der Waals surface area contributed by atoms with Crippen molar-refractivity contribution in [3.05, 3.63) is 24.0 Å². The van der Waals surface area contributed by atoms with Crippen LogP contribution in [0.4, 0.5) is 4.39 Å². The van der Waals surface area contributed by atoms with Gasteiger partial charge in [-0.3, -0.25) is 4.99 Å². The van der Waals surface area contributed by atoms with Crippen molar-refractivity contribution < 1.29 is 18.6 Å². The lowest BCUT2D eigenvalue weighted by Crippen LogP contribution is -2.58.